The van der Waals surface area contributed by atoms with Crippen LogP contribution in [0.1, 0.15) is 30.1 Å². The first kappa shape index (κ1) is 19.8. The molecule has 5 rings (SSSR count). The fraction of sp³-hybridized carbons (Fsp3) is 0.364. The fourth-order valence-corrected chi connectivity index (χ4v) is 5.18. The van der Waals surface area contributed by atoms with Gasteiger partial charge in [0, 0.05) is 24.9 Å². The van der Waals surface area contributed by atoms with Gasteiger partial charge in [-0.1, -0.05) is 41.9 Å². The molecule has 2 fully saturated rings. The Morgan fingerprint density at radius 2 is 2.00 bits per heavy atom. The number of amides is 2. The summed E-state index contributed by atoms with van der Waals surface area (Å²) in [6.45, 7) is 0.398. The molecule has 2 aliphatic heterocycles. The third-order valence-corrected chi connectivity index (χ3v) is 6.73. The van der Waals surface area contributed by atoms with Crippen molar-refractivity contribution in [2.24, 2.45) is 0 Å². The number of halogens is 1. The van der Waals surface area contributed by atoms with E-state index in [4.69, 9.17) is 11.6 Å². The highest BCUT2D eigenvalue weighted by atomic mass is 35.5. The molecule has 160 valence electrons. The lowest BCUT2D eigenvalue weighted by molar-refractivity contribution is -0.144. The molecule has 2 aliphatic rings. The number of fused-ring (bicyclic) bond motifs is 2. The molecule has 2 aromatic heterocycles. The maximum atomic E-state index is 12.9. The van der Waals surface area contributed by atoms with E-state index in [2.05, 4.69) is 9.97 Å². The molecular formula is C22H22ClN5O3. The summed E-state index contributed by atoms with van der Waals surface area (Å²) in [5.41, 5.74) is 1.81. The SMILES string of the molecule is O=C(O)N1CC(=O)N2CC(c3ncc4c(Cl)nccn34)CCC2C1Cc1ccccc1. The number of nitrogens with zero attached hydrogens (tertiary/aromatic N) is 5. The standard InChI is InChI=1S/C22H22ClN5O3/c23-20-18-11-25-21(26(18)9-8-24-20)15-6-7-16-17(10-14-4-2-1-3-5-14)28(22(30)31)13-19(29)27(16)12-15/h1-5,8-9,11,15-17H,6-7,10,12-13H2,(H,30,31). The van der Waals surface area contributed by atoms with Gasteiger partial charge in [-0.25, -0.2) is 14.8 Å². The van der Waals surface area contributed by atoms with E-state index in [0.29, 0.717) is 24.5 Å². The maximum Gasteiger partial charge on any atom is 0.408 e. The average Bonchev–Trinajstić information content (AvgIpc) is 3.21. The van der Waals surface area contributed by atoms with Crippen molar-refractivity contribution in [1.29, 1.82) is 0 Å². The molecule has 0 spiro atoms. The predicted octanol–water partition coefficient (Wildman–Crippen LogP) is 3.06. The smallest absolute Gasteiger partial charge is 0.408 e. The molecule has 3 aromatic rings. The number of rotatable bonds is 3. The van der Waals surface area contributed by atoms with Crippen LogP contribution in [-0.2, 0) is 11.2 Å². The summed E-state index contributed by atoms with van der Waals surface area (Å²) < 4.78 is 1.93. The third kappa shape index (κ3) is 3.50. The molecule has 0 bridgehead atoms. The number of piperazine rings is 1. The third-order valence-electron chi connectivity index (χ3n) is 6.44. The second kappa shape index (κ2) is 7.85. The zero-order chi connectivity index (χ0) is 21.5. The van der Waals surface area contributed by atoms with Crippen LogP contribution < -0.4 is 0 Å². The van der Waals surface area contributed by atoms with Crippen molar-refractivity contribution < 1.29 is 14.7 Å². The normalized spacial score (nSPS) is 23.8. The molecule has 8 nitrogen and oxygen atoms in total. The number of hydrogen-bond donors (Lipinski definition) is 1. The second-order valence-electron chi connectivity index (χ2n) is 8.14. The highest BCUT2D eigenvalue weighted by Crippen LogP contribution is 2.36. The molecule has 31 heavy (non-hydrogen) atoms. The van der Waals surface area contributed by atoms with Crippen LogP contribution in [0.4, 0.5) is 4.79 Å². The van der Waals surface area contributed by atoms with Crippen molar-refractivity contribution in [2.45, 2.75) is 37.3 Å². The molecule has 4 heterocycles. The number of hydrogen-bond acceptors (Lipinski definition) is 4. The summed E-state index contributed by atoms with van der Waals surface area (Å²) in [6.07, 6.45) is 6.24. The number of benzene rings is 1. The zero-order valence-electron chi connectivity index (χ0n) is 16.8. The highest BCUT2D eigenvalue weighted by molar-refractivity contribution is 6.32. The highest BCUT2D eigenvalue weighted by Gasteiger charge is 2.46. The summed E-state index contributed by atoms with van der Waals surface area (Å²) in [7, 11) is 0. The van der Waals surface area contributed by atoms with Crippen LogP contribution >= 0.6 is 11.6 Å². The number of carbonyl (C=O) groups excluding carboxylic acids is 1. The van der Waals surface area contributed by atoms with Crippen LogP contribution in [0.3, 0.4) is 0 Å². The Kier molecular flexibility index (Phi) is 5.02. The summed E-state index contributed by atoms with van der Waals surface area (Å²) in [6, 6.07) is 9.43. The van der Waals surface area contributed by atoms with Crippen molar-refractivity contribution in [3.63, 3.8) is 0 Å². The molecule has 1 aromatic carbocycles. The first-order valence-electron chi connectivity index (χ1n) is 10.3. The molecular weight excluding hydrogens is 418 g/mol. The first-order chi connectivity index (χ1) is 15.0. The van der Waals surface area contributed by atoms with Gasteiger partial charge < -0.3 is 10.0 Å². The van der Waals surface area contributed by atoms with Gasteiger partial charge in [0.05, 0.1) is 18.3 Å². The molecule has 3 atom stereocenters. The average molecular weight is 440 g/mol. The van der Waals surface area contributed by atoms with Crippen LogP contribution in [0.2, 0.25) is 5.15 Å². The number of piperidine rings is 1. The van der Waals surface area contributed by atoms with E-state index in [0.717, 1.165) is 23.3 Å². The van der Waals surface area contributed by atoms with Gasteiger partial charge in [0.15, 0.2) is 5.15 Å². The van der Waals surface area contributed by atoms with Gasteiger partial charge in [-0.15, -0.1) is 0 Å². The lowest BCUT2D eigenvalue weighted by Crippen LogP contribution is -2.65. The Morgan fingerprint density at radius 1 is 1.19 bits per heavy atom. The fourth-order valence-electron chi connectivity index (χ4n) is 4.98. The van der Waals surface area contributed by atoms with Crippen molar-refractivity contribution in [3.05, 3.63) is 65.5 Å². The van der Waals surface area contributed by atoms with Gasteiger partial charge in [-0.2, -0.15) is 0 Å². The molecule has 0 saturated carbocycles. The van der Waals surface area contributed by atoms with Gasteiger partial charge in [-0.05, 0) is 24.8 Å². The quantitative estimate of drug-likeness (QED) is 0.677. The lowest BCUT2D eigenvalue weighted by Gasteiger charge is -2.50. The molecule has 2 saturated heterocycles. The topological polar surface area (TPSA) is 91.0 Å². The number of carbonyl (C=O) groups is 2. The van der Waals surface area contributed by atoms with Gasteiger partial charge in [0.2, 0.25) is 5.91 Å². The Morgan fingerprint density at radius 3 is 2.77 bits per heavy atom. The predicted molar refractivity (Wildman–Crippen MR) is 114 cm³/mol. The first-order valence-corrected chi connectivity index (χ1v) is 10.7. The van der Waals surface area contributed by atoms with E-state index < -0.39 is 6.09 Å². The summed E-state index contributed by atoms with van der Waals surface area (Å²) in [4.78, 5) is 36.7. The Bertz CT molecular complexity index is 1130. The Hall–Kier alpha value is -3.13. The molecule has 0 radical (unpaired) electrons. The van der Waals surface area contributed by atoms with E-state index in [9.17, 15) is 14.7 Å². The molecule has 2 amide bonds. The number of aromatic nitrogens is 3. The van der Waals surface area contributed by atoms with E-state index in [1.54, 1.807) is 12.4 Å². The molecule has 1 N–H and O–H groups in total. The van der Waals surface area contributed by atoms with E-state index in [1.165, 1.54) is 4.90 Å². The lowest BCUT2D eigenvalue weighted by atomic mass is 9.84. The van der Waals surface area contributed by atoms with Crippen molar-refractivity contribution in [1.82, 2.24) is 24.2 Å². The van der Waals surface area contributed by atoms with Gasteiger partial charge in [0.1, 0.15) is 17.9 Å². The summed E-state index contributed by atoms with van der Waals surface area (Å²) in [5, 5.41) is 10.2. The zero-order valence-corrected chi connectivity index (χ0v) is 17.5. The van der Waals surface area contributed by atoms with Gasteiger partial charge in [-0.3, -0.25) is 14.1 Å². The van der Waals surface area contributed by atoms with Crippen LogP contribution in [-0.4, -0.2) is 66.4 Å². The minimum absolute atomic E-state index is 0.0509. The minimum atomic E-state index is -1.04. The minimum Gasteiger partial charge on any atom is -0.465 e. The van der Waals surface area contributed by atoms with Crippen molar-refractivity contribution in [3.8, 4) is 0 Å². The van der Waals surface area contributed by atoms with Crippen LogP contribution in [0, 0.1) is 0 Å². The molecule has 9 heteroatoms. The summed E-state index contributed by atoms with van der Waals surface area (Å²) in [5.74, 6) is 0.753. The number of carboxylic acid groups (broad SMARTS) is 1. The van der Waals surface area contributed by atoms with E-state index >= 15 is 0 Å². The van der Waals surface area contributed by atoms with Crippen molar-refractivity contribution in [2.75, 3.05) is 13.1 Å². The number of imidazole rings is 1. The summed E-state index contributed by atoms with van der Waals surface area (Å²) >= 11 is 6.19. The van der Waals surface area contributed by atoms with E-state index in [1.807, 2.05) is 45.8 Å². The Balaban J connectivity index is 1.43. The van der Waals surface area contributed by atoms with Gasteiger partial charge >= 0.3 is 6.09 Å². The van der Waals surface area contributed by atoms with Crippen LogP contribution in [0.25, 0.3) is 5.52 Å². The van der Waals surface area contributed by atoms with Crippen molar-refractivity contribution >= 4 is 29.1 Å². The van der Waals surface area contributed by atoms with Gasteiger partial charge in [0.25, 0.3) is 0 Å². The maximum absolute atomic E-state index is 12.9. The monoisotopic (exact) mass is 439 g/mol. The van der Waals surface area contributed by atoms with Crippen LogP contribution in [0.5, 0.6) is 0 Å². The van der Waals surface area contributed by atoms with Crippen LogP contribution in [0.15, 0.2) is 48.9 Å². The second-order valence-corrected chi connectivity index (χ2v) is 8.50. The molecule has 3 unspecified atom stereocenters. The molecule has 0 aliphatic carbocycles. The Labute approximate surface area is 184 Å². The largest absolute Gasteiger partial charge is 0.465 e. The van der Waals surface area contributed by atoms with E-state index in [-0.39, 0.29) is 30.5 Å².